The van der Waals surface area contributed by atoms with Crippen molar-refractivity contribution in [1.29, 1.82) is 0 Å². The maximum absolute atomic E-state index is 5.98. The van der Waals surface area contributed by atoms with E-state index in [4.69, 9.17) is 5.73 Å². The van der Waals surface area contributed by atoms with Crippen LogP contribution in [0.2, 0.25) is 0 Å². The fourth-order valence-electron chi connectivity index (χ4n) is 3.27. The van der Waals surface area contributed by atoms with Crippen molar-refractivity contribution in [2.24, 2.45) is 17.1 Å². The van der Waals surface area contributed by atoms with Gasteiger partial charge in [0.25, 0.3) is 0 Å². The van der Waals surface area contributed by atoms with Gasteiger partial charge in [-0.05, 0) is 50.6 Å². The molecule has 0 bridgehead atoms. The normalized spacial score (nSPS) is 18.9. The number of nitrogens with zero attached hydrogens (tertiary/aromatic N) is 1. The van der Waals surface area contributed by atoms with Gasteiger partial charge in [-0.25, -0.2) is 0 Å². The molecule has 1 saturated carbocycles. The first-order chi connectivity index (χ1) is 8.15. The van der Waals surface area contributed by atoms with Gasteiger partial charge in [0.2, 0.25) is 0 Å². The molecule has 0 amide bonds. The second kappa shape index (κ2) is 7.38. The molecule has 0 atom stereocenters. The van der Waals surface area contributed by atoms with Crippen LogP contribution in [0.15, 0.2) is 0 Å². The van der Waals surface area contributed by atoms with E-state index in [0.29, 0.717) is 5.41 Å². The summed E-state index contributed by atoms with van der Waals surface area (Å²) in [7, 11) is 2.28. The molecule has 1 fully saturated rings. The first kappa shape index (κ1) is 15.0. The first-order valence-corrected chi connectivity index (χ1v) is 7.54. The molecule has 2 nitrogen and oxygen atoms in total. The molecule has 2 N–H and O–H groups in total. The smallest absolute Gasteiger partial charge is 0.00469 e. The minimum absolute atomic E-state index is 0.351. The lowest BCUT2D eigenvalue weighted by Crippen LogP contribution is -2.42. The van der Waals surface area contributed by atoms with Crippen LogP contribution in [0.25, 0.3) is 0 Å². The Morgan fingerprint density at radius 3 is 2.18 bits per heavy atom. The van der Waals surface area contributed by atoms with E-state index in [1.165, 1.54) is 58.0 Å². The van der Waals surface area contributed by atoms with Crippen LogP contribution in [0.4, 0.5) is 0 Å². The predicted molar refractivity (Wildman–Crippen MR) is 76.1 cm³/mol. The van der Waals surface area contributed by atoms with E-state index in [0.717, 1.165) is 12.5 Å². The Bertz CT molecular complexity index is 185. The van der Waals surface area contributed by atoms with Crippen LogP contribution in [0.1, 0.15) is 58.8 Å². The van der Waals surface area contributed by atoms with Gasteiger partial charge in [-0.15, -0.1) is 0 Å². The average Bonchev–Trinajstić information content (AvgIpc) is 2.37. The highest BCUT2D eigenvalue weighted by molar-refractivity contribution is 4.81. The van der Waals surface area contributed by atoms with Gasteiger partial charge in [-0.1, -0.05) is 33.1 Å². The van der Waals surface area contributed by atoms with E-state index in [-0.39, 0.29) is 0 Å². The summed E-state index contributed by atoms with van der Waals surface area (Å²) in [5.74, 6) is 0.943. The van der Waals surface area contributed by atoms with Crippen molar-refractivity contribution in [1.82, 2.24) is 4.90 Å². The molecule has 1 rings (SSSR count). The number of hydrogen-bond donors (Lipinski definition) is 1. The van der Waals surface area contributed by atoms with E-state index in [2.05, 4.69) is 25.8 Å². The molecule has 0 spiro atoms. The van der Waals surface area contributed by atoms with Crippen molar-refractivity contribution >= 4 is 0 Å². The first-order valence-electron chi connectivity index (χ1n) is 7.54. The lowest BCUT2D eigenvalue weighted by atomic mass is 9.81. The summed E-state index contributed by atoms with van der Waals surface area (Å²) in [6, 6.07) is 0. The summed E-state index contributed by atoms with van der Waals surface area (Å²) in [4.78, 5) is 2.54. The minimum Gasteiger partial charge on any atom is -0.330 e. The molecule has 0 saturated heterocycles. The number of rotatable bonds is 7. The second-order valence-corrected chi connectivity index (χ2v) is 6.11. The third-order valence-corrected chi connectivity index (χ3v) is 4.83. The lowest BCUT2D eigenvalue weighted by molar-refractivity contribution is 0.141. The highest BCUT2D eigenvalue weighted by Crippen LogP contribution is 2.28. The van der Waals surface area contributed by atoms with Crippen molar-refractivity contribution in [2.75, 3.05) is 26.7 Å². The third kappa shape index (κ3) is 4.59. The van der Waals surface area contributed by atoms with Gasteiger partial charge in [0.1, 0.15) is 0 Å². The van der Waals surface area contributed by atoms with Crippen molar-refractivity contribution in [3.63, 3.8) is 0 Å². The van der Waals surface area contributed by atoms with E-state index < -0.39 is 0 Å². The molecule has 0 unspecified atom stereocenters. The van der Waals surface area contributed by atoms with Gasteiger partial charge < -0.3 is 10.6 Å². The quantitative estimate of drug-likeness (QED) is 0.740. The Labute approximate surface area is 108 Å². The minimum atomic E-state index is 0.351. The largest absolute Gasteiger partial charge is 0.330 e. The summed E-state index contributed by atoms with van der Waals surface area (Å²) in [6.45, 7) is 7.85. The number of hydrogen-bond acceptors (Lipinski definition) is 2. The van der Waals surface area contributed by atoms with Gasteiger partial charge in [0, 0.05) is 13.1 Å². The monoisotopic (exact) mass is 240 g/mol. The molecular weight excluding hydrogens is 208 g/mol. The molecule has 1 aliphatic rings. The van der Waals surface area contributed by atoms with Crippen LogP contribution < -0.4 is 5.73 Å². The van der Waals surface area contributed by atoms with Gasteiger partial charge >= 0.3 is 0 Å². The fourth-order valence-corrected chi connectivity index (χ4v) is 3.27. The maximum Gasteiger partial charge on any atom is 0.00469 e. The van der Waals surface area contributed by atoms with Crippen molar-refractivity contribution in [2.45, 2.75) is 58.8 Å². The van der Waals surface area contributed by atoms with E-state index in [1.54, 1.807) is 0 Å². The van der Waals surface area contributed by atoms with Crippen LogP contribution in [0.3, 0.4) is 0 Å². The average molecular weight is 240 g/mol. The molecule has 17 heavy (non-hydrogen) atoms. The van der Waals surface area contributed by atoms with Gasteiger partial charge in [-0.2, -0.15) is 0 Å². The topological polar surface area (TPSA) is 29.3 Å². The van der Waals surface area contributed by atoms with Crippen LogP contribution in [0.5, 0.6) is 0 Å². The SMILES string of the molecule is CCC(CC)(CN)CN(C)CC1CCCCC1. The van der Waals surface area contributed by atoms with E-state index >= 15 is 0 Å². The summed E-state index contributed by atoms with van der Waals surface area (Å²) in [5.41, 5.74) is 6.33. The van der Waals surface area contributed by atoms with Gasteiger partial charge in [-0.3, -0.25) is 0 Å². The van der Waals surface area contributed by atoms with Gasteiger partial charge in [0.15, 0.2) is 0 Å². The van der Waals surface area contributed by atoms with Crippen LogP contribution in [0, 0.1) is 11.3 Å². The standard InChI is InChI=1S/C15H32N2/c1-4-15(5-2,12-16)13-17(3)11-14-9-7-6-8-10-14/h14H,4-13,16H2,1-3H3. The zero-order valence-corrected chi connectivity index (χ0v) is 12.2. The molecule has 0 aromatic carbocycles. The van der Waals surface area contributed by atoms with Crippen molar-refractivity contribution < 1.29 is 0 Å². The summed E-state index contributed by atoms with van der Waals surface area (Å²) >= 11 is 0. The molecule has 1 aliphatic carbocycles. The molecule has 102 valence electrons. The maximum atomic E-state index is 5.98. The Morgan fingerprint density at radius 1 is 1.12 bits per heavy atom. The Balaban J connectivity index is 2.38. The fraction of sp³-hybridized carbons (Fsp3) is 1.00. The molecule has 0 aliphatic heterocycles. The van der Waals surface area contributed by atoms with Crippen LogP contribution in [-0.2, 0) is 0 Å². The predicted octanol–water partition coefficient (Wildman–Crippen LogP) is 3.26. The Hall–Kier alpha value is -0.0800. The van der Waals surface area contributed by atoms with Crippen molar-refractivity contribution in [3.8, 4) is 0 Å². The van der Waals surface area contributed by atoms with E-state index in [9.17, 15) is 0 Å². The molecule has 0 aromatic heterocycles. The summed E-state index contributed by atoms with van der Waals surface area (Å²) < 4.78 is 0. The van der Waals surface area contributed by atoms with Crippen LogP contribution in [-0.4, -0.2) is 31.6 Å². The molecule has 0 heterocycles. The Morgan fingerprint density at radius 2 is 1.71 bits per heavy atom. The molecule has 0 radical (unpaired) electrons. The van der Waals surface area contributed by atoms with Crippen LogP contribution >= 0.6 is 0 Å². The highest BCUT2D eigenvalue weighted by Gasteiger charge is 2.27. The Kier molecular flexibility index (Phi) is 6.50. The lowest BCUT2D eigenvalue weighted by Gasteiger charge is -2.36. The zero-order valence-electron chi connectivity index (χ0n) is 12.2. The summed E-state index contributed by atoms with van der Waals surface area (Å²) in [5, 5.41) is 0. The highest BCUT2D eigenvalue weighted by atomic mass is 15.1. The second-order valence-electron chi connectivity index (χ2n) is 6.11. The molecule has 0 aromatic rings. The van der Waals surface area contributed by atoms with Gasteiger partial charge in [0.05, 0.1) is 0 Å². The molecule has 2 heteroatoms. The number of nitrogens with two attached hydrogens (primary N) is 1. The third-order valence-electron chi connectivity index (χ3n) is 4.83. The molecular formula is C15H32N2. The van der Waals surface area contributed by atoms with E-state index in [1.807, 2.05) is 0 Å². The zero-order chi connectivity index (χ0) is 12.7. The van der Waals surface area contributed by atoms with Crippen molar-refractivity contribution in [3.05, 3.63) is 0 Å². The summed E-state index contributed by atoms with van der Waals surface area (Å²) in [6.07, 6.45) is 9.64.